The Balaban J connectivity index is 1.88. The number of ether oxygens (including phenoxy) is 1. The van der Waals surface area contributed by atoms with Gasteiger partial charge in [0.1, 0.15) is 5.75 Å². The predicted molar refractivity (Wildman–Crippen MR) is 125 cm³/mol. The Morgan fingerprint density at radius 3 is 2.10 bits per heavy atom. The minimum absolute atomic E-state index is 0.0731. The highest BCUT2D eigenvalue weighted by molar-refractivity contribution is 5.99. The molecule has 2 aromatic rings. The summed E-state index contributed by atoms with van der Waals surface area (Å²) in [6.45, 7) is 15.2. The second kappa shape index (κ2) is 9.92. The van der Waals surface area contributed by atoms with Crippen molar-refractivity contribution in [1.29, 1.82) is 0 Å². The van der Waals surface area contributed by atoms with Crippen LogP contribution in [0.3, 0.4) is 0 Å². The summed E-state index contributed by atoms with van der Waals surface area (Å²) in [7, 11) is 0. The van der Waals surface area contributed by atoms with Crippen molar-refractivity contribution in [2.24, 2.45) is 10.5 Å². The number of carbonyl (C=O) groups is 1. The molecule has 0 aliphatic rings. The molecule has 30 heavy (non-hydrogen) atoms. The van der Waals surface area contributed by atoms with Crippen molar-refractivity contribution in [3.63, 3.8) is 0 Å². The number of nitrogens with one attached hydrogen (secondary N) is 1. The number of rotatable bonds is 8. The molecule has 2 aromatic carbocycles. The molecule has 0 fully saturated rings. The lowest BCUT2D eigenvalue weighted by Gasteiger charge is -2.33. The molecule has 0 aromatic heterocycles. The van der Waals surface area contributed by atoms with Gasteiger partial charge < -0.3 is 4.74 Å². The summed E-state index contributed by atoms with van der Waals surface area (Å²) in [5, 5.41) is 4.18. The van der Waals surface area contributed by atoms with Crippen molar-refractivity contribution in [3.8, 4) is 5.75 Å². The molecule has 1 N–H and O–H groups in total. The van der Waals surface area contributed by atoms with E-state index in [4.69, 9.17) is 4.74 Å². The number of nitrogens with zero attached hydrogens (tertiary/aromatic N) is 1. The number of amides is 1. The Hall–Kier alpha value is -2.62. The number of benzene rings is 2. The number of aryl methyl sites for hydroxylation is 1. The molecule has 0 spiro atoms. The van der Waals surface area contributed by atoms with Gasteiger partial charge in [-0.3, -0.25) is 4.79 Å². The molecule has 0 aliphatic carbocycles. The van der Waals surface area contributed by atoms with Crippen molar-refractivity contribution < 1.29 is 9.53 Å². The third-order valence-electron chi connectivity index (χ3n) is 5.11. The number of hydrogen-bond donors (Lipinski definition) is 1. The lowest BCUT2D eigenvalue weighted by atomic mass is 9.72. The maximum Gasteiger partial charge on any atom is 0.277 e. The summed E-state index contributed by atoms with van der Waals surface area (Å²) >= 11 is 0. The Morgan fingerprint density at radius 1 is 0.967 bits per heavy atom. The molecule has 0 aliphatic heterocycles. The number of carbonyl (C=O) groups excluding carboxylic acids is 1. The van der Waals surface area contributed by atoms with Crippen LogP contribution in [0.5, 0.6) is 5.75 Å². The quantitative estimate of drug-likeness (QED) is 0.438. The summed E-state index contributed by atoms with van der Waals surface area (Å²) in [6, 6.07) is 16.2. The zero-order valence-electron chi connectivity index (χ0n) is 19.5. The van der Waals surface area contributed by atoms with Crippen molar-refractivity contribution in [2.45, 2.75) is 66.7 Å². The first-order valence-electron chi connectivity index (χ1n) is 10.7. The Labute approximate surface area is 181 Å². The Bertz CT molecular complexity index is 857. The van der Waals surface area contributed by atoms with Crippen molar-refractivity contribution >= 4 is 11.6 Å². The number of hydrazone groups is 1. The van der Waals surface area contributed by atoms with Crippen LogP contribution < -0.4 is 10.2 Å². The normalized spacial score (nSPS) is 12.6. The first-order chi connectivity index (χ1) is 14.0. The summed E-state index contributed by atoms with van der Waals surface area (Å²) in [5.41, 5.74) is 7.19. The fourth-order valence-corrected chi connectivity index (χ4v) is 3.80. The maximum absolute atomic E-state index is 12.1. The third kappa shape index (κ3) is 7.33. The molecule has 4 nitrogen and oxygen atoms in total. The van der Waals surface area contributed by atoms with Gasteiger partial charge in [0.05, 0.1) is 5.71 Å². The van der Waals surface area contributed by atoms with Crippen molar-refractivity contribution in [1.82, 2.24) is 5.43 Å². The van der Waals surface area contributed by atoms with Gasteiger partial charge in [-0.15, -0.1) is 0 Å². The van der Waals surface area contributed by atoms with Crippen molar-refractivity contribution in [2.75, 3.05) is 6.61 Å². The van der Waals surface area contributed by atoms with E-state index in [9.17, 15) is 4.79 Å². The van der Waals surface area contributed by atoms with E-state index < -0.39 is 0 Å². The zero-order chi connectivity index (χ0) is 22.4. The first-order valence-corrected chi connectivity index (χ1v) is 10.7. The lowest BCUT2D eigenvalue weighted by Crippen LogP contribution is -2.26. The van der Waals surface area contributed by atoms with Crippen LogP contribution in [0, 0.1) is 5.41 Å². The van der Waals surface area contributed by atoms with Gasteiger partial charge >= 0.3 is 0 Å². The van der Waals surface area contributed by atoms with Crippen molar-refractivity contribution in [3.05, 3.63) is 65.2 Å². The highest BCUT2D eigenvalue weighted by atomic mass is 16.5. The molecule has 0 atom stereocenters. The molecule has 0 heterocycles. The fraction of sp³-hybridized carbons (Fsp3) is 0.462. The van der Waals surface area contributed by atoms with E-state index >= 15 is 0 Å². The second-order valence-electron chi connectivity index (χ2n) is 9.72. The second-order valence-corrected chi connectivity index (χ2v) is 9.72. The van der Waals surface area contributed by atoms with Gasteiger partial charge in [-0.1, -0.05) is 77.9 Å². The van der Waals surface area contributed by atoms with Crippen LogP contribution in [0.1, 0.15) is 71.6 Å². The van der Waals surface area contributed by atoms with Gasteiger partial charge in [-0.2, -0.15) is 5.10 Å². The molecule has 4 heteroatoms. The van der Waals surface area contributed by atoms with Gasteiger partial charge in [0, 0.05) is 0 Å². The Kier molecular flexibility index (Phi) is 7.83. The molecule has 0 bridgehead atoms. The monoisotopic (exact) mass is 408 g/mol. The molecule has 2 rings (SSSR count). The van der Waals surface area contributed by atoms with E-state index in [1.165, 1.54) is 11.1 Å². The van der Waals surface area contributed by atoms with Gasteiger partial charge in [0.25, 0.3) is 5.91 Å². The van der Waals surface area contributed by atoms with Crippen LogP contribution in [0.25, 0.3) is 0 Å². The van der Waals surface area contributed by atoms with E-state index in [0.717, 1.165) is 24.1 Å². The summed E-state index contributed by atoms with van der Waals surface area (Å²) in [5.74, 6) is 0.396. The third-order valence-corrected chi connectivity index (χ3v) is 5.11. The van der Waals surface area contributed by atoms with Crippen LogP contribution in [0.4, 0.5) is 0 Å². The topological polar surface area (TPSA) is 50.7 Å². The largest absolute Gasteiger partial charge is 0.484 e. The van der Waals surface area contributed by atoms with Crippen LogP contribution in [0.2, 0.25) is 0 Å². The van der Waals surface area contributed by atoms with E-state index in [1.54, 1.807) is 0 Å². The molecule has 162 valence electrons. The van der Waals surface area contributed by atoms with Gasteiger partial charge in [-0.05, 0) is 59.4 Å². The first kappa shape index (κ1) is 23.7. The van der Waals surface area contributed by atoms with Crippen LogP contribution >= 0.6 is 0 Å². The average Bonchev–Trinajstić information content (AvgIpc) is 2.69. The van der Waals surface area contributed by atoms with E-state index in [1.807, 2.05) is 31.2 Å². The molecule has 1 amide bonds. The number of hydrogen-bond acceptors (Lipinski definition) is 3. The minimum Gasteiger partial charge on any atom is -0.484 e. The Morgan fingerprint density at radius 2 is 1.57 bits per heavy atom. The average molecular weight is 409 g/mol. The SMILES string of the molecule is CCc1ccc(/C(C)=N\NC(=O)COc2ccc(C(C)(C)CC(C)(C)C)cc2)cc1. The maximum atomic E-state index is 12.1. The van der Waals surface area contributed by atoms with Gasteiger partial charge in [-0.25, -0.2) is 5.43 Å². The summed E-state index contributed by atoms with van der Waals surface area (Å²) in [6.07, 6.45) is 2.08. The fourth-order valence-electron chi connectivity index (χ4n) is 3.80. The summed E-state index contributed by atoms with van der Waals surface area (Å²) in [4.78, 5) is 12.1. The highest BCUT2D eigenvalue weighted by Gasteiger charge is 2.27. The van der Waals surface area contributed by atoms with Crippen LogP contribution in [-0.2, 0) is 16.6 Å². The smallest absolute Gasteiger partial charge is 0.277 e. The predicted octanol–water partition coefficient (Wildman–Crippen LogP) is 5.88. The standard InChI is InChI=1S/C26H36N2O2/c1-8-20-9-11-21(12-10-20)19(2)27-28-24(29)17-30-23-15-13-22(14-16-23)26(6,7)18-25(3,4)5/h9-16H,8,17-18H2,1-7H3,(H,28,29)/b27-19-. The highest BCUT2D eigenvalue weighted by Crippen LogP contribution is 2.36. The van der Waals surface area contributed by atoms with Crippen LogP contribution in [0.15, 0.2) is 53.6 Å². The molecular weight excluding hydrogens is 372 g/mol. The van der Waals surface area contributed by atoms with E-state index in [2.05, 4.69) is 76.3 Å². The zero-order valence-corrected chi connectivity index (χ0v) is 19.5. The van der Waals surface area contributed by atoms with Crippen LogP contribution in [-0.4, -0.2) is 18.2 Å². The molecule has 0 radical (unpaired) electrons. The molecule has 0 saturated carbocycles. The van der Waals surface area contributed by atoms with E-state index in [0.29, 0.717) is 5.75 Å². The molecule has 0 unspecified atom stereocenters. The van der Waals surface area contributed by atoms with Gasteiger partial charge in [0.2, 0.25) is 0 Å². The van der Waals surface area contributed by atoms with E-state index in [-0.39, 0.29) is 23.3 Å². The van der Waals surface area contributed by atoms with Gasteiger partial charge in [0.15, 0.2) is 6.61 Å². The summed E-state index contributed by atoms with van der Waals surface area (Å²) < 4.78 is 5.62. The minimum atomic E-state index is -0.281. The lowest BCUT2D eigenvalue weighted by molar-refractivity contribution is -0.123. The molecular formula is C26H36N2O2. The molecule has 0 saturated heterocycles.